The Bertz CT molecular complexity index is 1350. The van der Waals surface area contributed by atoms with E-state index < -0.39 is 5.97 Å². The molecule has 0 saturated carbocycles. The highest BCUT2D eigenvalue weighted by Gasteiger charge is 2.29. The third-order valence-electron chi connectivity index (χ3n) is 6.30. The highest BCUT2D eigenvalue weighted by atomic mass is 32.2. The van der Waals surface area contributed by atoms with Gasteiger partial charge in [-0.1, -0.05) is 57.2 Å². The molecule has 0 unspecified atom stereocenters. The van der Waals surface area contributed by atoms with Crippen molar-refractivity contribution in [3.8, 4) is 0 Å². The van der Waals surface area contributed by atoms with Crippen molar-refractivity contribution in [2.45, 2.75) is 58.5 Å². The summed E-state index contributed by atoms with van der Waals surface area (Å²) >= 11 is 2.84. The van der Waals surface area contributed by atoms with Crippen LogP contribution >= 0.6 is 23.1 Å². The number of hydrogen-bond acceptors (Lipinski definition) is 7. The van der Waals surface area contributed by atoms with E-state index >= 15 is 0 Å². The number of hydrogen-bond donors (Lipinski definition) is 2. The van der Waals surface area contributed by atoms with Gasteiger partial charge >= 0.3 is 5.97 Å². The van der Waals surface area contributed by atoms with Crippen LogP contribution in [-0.4, -0.2) is 41.6 Å². The number of thioether (sulfide) groups is 1. The van der Waals surface area contributed by atoms with Crippen LogP contribution < -0.4 is 10.6 Å². The van der Waals surface area contributed by atoms with E-state index in [0.29, 0.717) is 22.7 Å². The number of fused-ring (bicyclic) bond motifs is 1. The second-order valence-electron chi connectivity index (χ2n) is 11.0. The average Bonchev–Trinajstić information content (AvgIpc) is 3.24. The van der Waals surface area contributed by atoms with Crippen LogP contribution in [0.2, 0.25) is 0 Å². The number of rotatable bonds is 10. The number of ether oxygens (including phenoxy) is 1. The highest BCUT2D eigenvalue weighted by molar-refractivity contribution is 8.00. The first-order valence-electron chi connectivity index (χ1n) is 13.5. The van der Waals surface area contributed by atoms with E-state index in [1.54, 1.807) is 6.92 Å². The molecule has 2 heterocycles. The molecule has 4 rings (SSSR count). The molecule has 2 aromatic carbocycles. The maximum absolute atomic E-state index is 13.0. The molecular formula is C31H37N3O4S2. The molecule has 0 atom stereocenters. The van der Waals surface area contributed by atoms with Crippen molar-refractivity contribution in [3.63, 3.8) is 0 Å². The quantitative estimate of drug-likeness (QED) is 0.208. The molecule has 0 fully saturated rings. The van der Waals surface area contributed by atoms with Crippen LogP contribution in [0.1, 0.15) is 60.5 Å². The lowest BCUT2D eigenvalue weighted by atomic mass is 9.92. The van der Waals surface area contributed by atoms with E-state index in [4.69, 9.17) is 4.74 Å². The largest absolute Gasteiger partial charge is 0.462 e. The van der Waals surface area contributed by atoms with Gasteiger partial charge in [0.05, 0.1) is 17.9 Å². The first kappa shape index (κ1) is 29.8. The van der Waals surface area contributed by atoms with Gasteiger partial charge in [-0.25, -0.2) is 4.79 Å². The number of benzene rings is 2. The molecule has 0 radical (unpaired) electrons. The predicted molar refractivity (Wildman–Crippen MR) is 163 cm³/mol. The van der Waals surface area contributed by atoms with Crippen LogP contribution in [0.5, 0.6) is 0 Å². The molecule has 1 aliphatic rings. The highest BCUT2D eigenvalue weighted by Crippen LogP contribution is 2.38. The number of carbonyl (C=O) groups excluding carboxylic acids is 3. The van der Waals surface area contributed by atoms with Crippen molar-refractivity contribution in [3.05, 3.63) is 76.2 Å². The minimum absolute atomic E-state index is 0.0390. The molecular weight excluding hydrogens is 542 g/mol. The third-order valence-corrected chi connectivity index (χ3v) is 8.42. The van der Waals surface area contributed by atoms with Gasteiger partial charge in [0, 0.05) is 41.5 Å². The summed E-state index contributed by atoms with van der Waals surface area (Å²) in [4.78, 5) is 42.6. The maximum atomic E-state index is 13.0. The fourth-order valence-corrected chi connectivity index (χ4v) is 6.65. The molecule has 0 saturated heterocycles. The molecule has 1 aromatic heterocycles. The minimum Gasteiger partial charge on any atom is -0.462 e. The molecule has 1 aliphatic heterocycles. The summed E-state index contributed by atoms with van der Waals surface area (Å²) in [6.07, 6.45) is 1.15. The minimum atomic E-state index is -0.391. The Kier molecular flexibility index (Phi) is 10.1. The second-order valence-corrected chi connectivity index (χ2v) is 13.2. The summed E-state index contributed by atoms with van der Waals surface area (Å²) in [5.41, 5.74) is 3.32. The standard InChI is InChI=1S/C31H37N3O4S2/c1-5-38-30(37)28-24-14-15-34(18-21-10-7-6-8-11-21)19-25(24)40-29(28)33-27(36)20-39-23-13-9-12-22(16-23)32-26(35)17-31(2,3)4/h6-13,16H,5,14-15,17-20H2,1-4H3,(H,32,35)(H,33,36). The van der Waals surface area contributed by atoms with Crippen molar-refractivity contribution >= 4 is 51.6 Å². The van der Waals surface area contributed by atoms with E-state index in [1.165, 1.54) is 28.7 Å². The number of carbonyl (C=O) groups is 3. The monoisotopic (exact) mass is 579 g/mol. The van der Waals surface area contributed by atoms with Gasteiger partial charge in [0.2, 0.25) is 11.8 Å². The van der Waals surface area contributed by atoms with Crippen LogP contribution in [0.15, 0.2) is 59.5 Å². The Morgan fingerprint density at radius 2 is 1.80 bits per heavy atom. The summed E-state index contributed by atoms with van der Waals surface area (Å²) < 4.78 is 5.36. The van der Waals surface area contributed by atoms with Crippen molar-refractivity contribution in [1.82, 2.24) is 4.90 Å². The zero-order valence-corrected chi connectivity index (χ0v) is 25.2. The third kappa shape index (κ3) is 8.43. The molecule has 0 bridgehead atoms. The summed E-state index contributed by atoms with van der Waals surface area (Å²) in [5, 5.41) is 6.48. The average molecular weight is 580 g/mol. The maximum Gasteiger partial charge on any atom is 0.341 e. The van der Waals surface area contributed by atoms with Gasteiger partial charge in [-0.2, -0.15) is 0 Å². The molecule has 9 heteroatoms. The zero-order valence-electron chi connectivity index (χ0n) is 23.5. The van der Waals surface area contributed by atoms with Gasteiger partial charge in [0.1, 0.15) is 5.00 Å². The van der Waals surface area contributed by atoms with Gasteiger partial charge in [-0.3, -0.25) is 14.5 Å². The molecule has 7 nitrogen and oxygen atoms in total. The second kappa shape index (κ2) is 13.5. The molecule has 0 aliphatic carbocycles. The van der Waals surface area contributed by atoms with Crippen LogP contribution in [0.3, 0.4) is 0 Å². The van der Waals surface area contributed by atoms with Crippen molar-refractivity contribution in [2.75, 3.05) is 29.5 Å². The molecule has 212 valence electrons. The topological polar surface area (TPSA) is 87.7 Å². The van der Waals surface area contributed by atoms with E-state index in [1.807, 2.05) is 63.2 Å². The van der Waals surface area contributed by atoms with Gasteiger partial charge in [-0.05, 0) is 48.1 Å². The zero-order chi connectivity index (χ0) is 28.7. The van der Waals surface area contributed by atoms with Crippen molar-refractivity contribution in [2.24, 2.45) is 5.41 Å². The Morgan fingerprint density at radius 3 is 2.52 bits per heavy atom. The van der Waals surface area contributed by atoms with E-state index in [9.17, 15) is 14.4 Å². The number of amides is 2. The van der Waals surface area contributed by atoms with E-state index in [2.05, 4.69) is 27.7 Å². The van der Waals surface area contributed by atoms with E-state index in [-0.39, 0.29) is 29.6 Å². The van der Waals surface area contributed by atoms with Crippen LogP contribution in [0, 0.1) is 5.41 Å². The molecule has 40 heavy (non-hydrogen) atoms. The van der Waals surface area contributed by atoms with Gasteiger partial charge in [-0.15, -0.1) is 23.1 Å². The Balaban J connectivity index is 1.41. The lowest BCUT2D eigenvalue weighted by Gasteiger charge is -2.27. The van der Waals surface area contributed by atoms with Crippen molar-refractivity contribution in [1.29, 1.82) is 0 Å². The van der Waals surface area contributed by atoms with Crippen LogP contribution in [0.25, 0.3) is 0 Å². The van der Waals surface area contributed by atoms with Gasteiger partial charge in [0.25, 0.3) is 0 Å². The fourth-order valence-electron chi connectivity index (χ4n) is 4.60. The lowest BCUT2D eigenvalue weighted by Crippen LogP contribution is -2.30. The number of anilines is 2. The van der Waals surface area contributed by atoms with Crippen molar-refractivity contribution < 1.29 is 19.1 Å². The summed E-state index contributed by atoms with van der Waals surface area (Å²) in [6, 6.07) is 17.8. The number of esters is 1. The normalized spacial score (nSPS) is 13.4. The lowest BCUT2D eigenvalue weighted by molar-refractivity contribution is -0.118. The Labute approximate surface area is 244 Å². The van der Waals surface area contributed by atoms with Crippen LogP contribution in [0.4, 0.5) is 10.7 Å². The molecule has 0 spiro atoms. The van der Waals surface area contributed by atoms with Gasteiger partial charge < -0.3 is 15.4 Å². The summed E-state index contributed by atoms with van der Waals surface area (Å²) in [6.45, 7) is 10.5. The Hall–Kier alpha value is -3.14. The first-order chi connectivity index (χ1) is 19.1. The number of nitrogens with zero attached hydrogens (tertiary/aromatic N) is 1. The SMILES string of the molecule is CCOC(=O)c1c(NC(=O)CSc2cccc(NC(=O)CC(C)(C)C)c2)sc2c1CCN(Cc1ccccc1)C2. The molecule has 2 amide bonds. The number of nitrogens with one attached hydrogen (secondary N) is 2. The summed E-state index contributed by atoms with van der Waals surface area (Å²) in [5.74, 6) is -0.455. The smallest absolute Gasteiger partial charge is 0.341 e. The fraction of sp³-hybridized carbons (Fsp3) is 0.387. The van der Waals surface area contributed by atoms with E-state index in [0.717, 1.165) is 41.4 Å². The predicted octanol–water partition coefficient (Wildman–Crippen LogP) is 6.59. The summed E-state index contributed by atoms with van der Waals surface area (Å²) in [7, 11) is 0. The Morgan fingerprint density at radius 1 is 1.02 bits per heavy atom. The van der Waals surface area contributed by atoms with Crippen LogP contribution in [-0.2, 0) is 33.8 Å². The molecule has 3 aromatic rings. The number of thiophene rings is 1. The van der Waals surface area contributed by atoms with Gasteiger partial charge in [0.15, 0.2) is 0 Å². The first-order valence-corrected chi connectivity index (χ1v) is 15.3. The molecule has 2 N–H and O–H groups in total.